The van der Waals surface area contributed by atoms with Crippen LogP contribution >= 0.6 is 23.4 Å². The zero-order chi connectivity index (χ0) is 53.1. The molecule has 396 valence electrons. The molecule has 3 aliphatic rings. The van der Waals surface area contributed by atoms with Gasteiger partial charge in [-0.25, -0.2) is 26.4 Å². The number of hydrogen-bond acceptors (Lipinski definition) is 12. The number of ether oxygens (including phenoxy) is 1. The van der Waals surface area contributed by atoms with Crippen molar-refractivity contribution < 1.29 is 49.4 Å². The number of nitrogens with zero attached hydrogens (tertiary/aromatic N) is 3. The van der Waals surface area contributed by atoms with Gasteiger partial charge in [0.1, 0.15) is 10.5 Å². The molecule has 1 spiro atoms. The number of aliphatic hydroxyl groups is 1. The van der Waals surface area contributed by atoms with Gasteiger partial charge in [0, 0.05) is 71.1 Å². The number of alkyl halides is 3. The van der Waals surface area contributed by atoms with E-state index in [4.69, 9.17) is 16.3 Å². The molecule has 0 aromatic heterocycles. The Morgan fingerprint density at radius 1 is 0.838 bits per heavy atom. The Morgan fingerprint density at radius 3 is 2.11 bits per heavy atom. The zero-order valence-corrected chi connectivity index (χ0v) is 44.6. The molecule has 3 saturated heterocycles. The second kappa shape index (κ2) is 22.5. The Kier molecular flexibility index (Phi) is 16.7. The number of nitrogens with one attached hydrogen (secondary N) is 2. The number of aliphatic hydroxyl groups excluding tert-OH is 1. The van der Waals surface area contributed by atoms with E-state index in [9.17, 15) is 44.7 Å². The van der Waals surface area contributed by atoms with Gasteiger partial charge in [0.25, 0.3) is 25.8 Å². The van der Waals surface area contributed by atoms with Gasteiger partial charge in [-0.1, -0.05) is 66.2 Å². The molecule has 20 heteroatoms. The van der Waals surface area contributed by atoms with Crippen LogP contribution in [-0.2, 0) is 24.6 Å². The first-order valence-electron chi connectivity index (χ1n) is 24.5. The first kappa shape index (κ1) is 54.9. The van der Waals surface area contributed by atoms with Gasteiger partial charge in [-0.3, -0.25) is 4.79 Å². The molecule has 13 nitrogen and oxygen atoms in total. The number of amides is 2. The molecular formula is C54H61ClF3N5O8S3. The Balaban J connectivity index is 0.914. The quantitative estimate of drug-likeness (QED) is 0.0802. The summed E-state index contributed by atoms with van der Waals surface area (Å²) < 4.78 is 104. The fourth-order valence-corrected chi connectivity index (χ4v) is 13.0. The van der Waals surface area contributed by atoms with Crippen LogP contribution in [0.5, 0.6) is 0 Å². The van der Waals surface area contributed by atoms with Gasteiger partial charge in [-0.05, 0) is 155 Å². The molecule has 3 aliphatic heterocycles. The molecule has 3 heterocycles. The van der Waals surface area contributed by atoms with Crippen LogP contribution in [0, 0.1) is 11.3 Å². The minimum absolute atomic E-state index is 0.0125. The molecule has 0 bridgehead atoms. The monoisotopic (exact) mass is 1100 g/mol. The summed E-state index contributed by atoms with van der Waals surface area (Å²) in [5, 5.41) is 15.2. The third kappa shape index (κ3) is 13.2. The highest BCUT2D eigenvalue weighted by molar-refractivity contribution is 7.99. The third-order valence-electron chi connectivity index (χ3n) is 14.0. The molecule has 0 saturated carbocycles. The van der Waals surface area contributed by atoms with E-state index >= 15 is 0 Å². The Bertz CT molecular complexity index is 3000. The van der Waals surface area contributed by atoms with Crippen LogP contribution in [0.2, 0.25) is 5.02 Å². The van der Waals surface area contributed by atoms with Gasteiger partial charge in [0.15, 0.2) is 0 Å². The predicted molar refractivity (Wildman–Crippen MR) is 283 cm³/mol. The summed E-state index contributed by atoms with van der Waals surface area (Å²) in [5.41, 5.74) is -3.42. The van der Waals surface area contributed by atoms with E-state index < -0.39 is 64.5 Å². The van der Waals surface area contributed by atoms with E-state index in [2.05, 4.69) is 15.1 Å². The molecule has 2 amide bonds. The molecule has 74 heavy (non-hydrogen) atoms. The maximum absolute atomic E-state index is 14.4. The van der Waals surface area contributed by atoms with Crippen molar-refractivity contribution in [1.29, 1.82) is 0 Å². The third-order valence-corrected chi connectivity index (χ3v) is 18.3. The van der Waals surface area contributed by atoms with Crippen molar-refractivity contribution in [3.63, 3.8) is 0 Å². The SMILES string of the molecule is CC(C)(C)OC(=O)N1CC2(CCN(CCC(CSc3ccccc3)Nc3ccc(S(=O)(=O)NC(=O)c4ccc(N5CCC(C(O)c6ccccc6-c6ccc(Cl)cc6)CC5)cc4)cc3S(=O)(=O)C(F)(F)F)CC2)C1. The smallest absolute Gasteiger partial charge is 0.444 e. The van der Waals surface area contributed by atoms with Crippen LogP contribution in [0.4, 0.5) is 29.3 Å². The lowest BCUT2D eigenvalue weighted by molar-refractivity contribution is -0.0593. The zero-order valence-electron chi connectivity index (χ0n) is 41.4. The first-order chi connectivity index (χ1) is 35.0. The van der Waals surface area contributed by atoms with E-state index in [0.717, 1.165) is 65.3 Å². The van der Waals surface area contributed by atoms with E-state index in [0.29, 0.717) is 68.8 Å². The summed E-state index contributed by atoms with van der Waals surface area (Å²) in [6.07, 6.45) is 2.37. The number of benzene rings is 5. The molecule has 0 radical (unpaired) electrons. The minimum atomic E-state index is -6.12. The highest BCUT2D eigenvalue weighted by Crippen LogP contribution is 2.42. The van der Waals surface area contributed by atoms with Crippen LogP contribution in [0.25, 0.3) is 11.1 Å². The van der Waals surface area contributed by atoms with Gasteiger partial charge < -0.3 is 29.9 Å². The van der Waals surface area contributed by atoms with Crippen molar-refractivity contribution in [3.8, 4) is 11.1 Å². The number of carbonyl (C=O) groups excluding carboxylic acids is 2. The maximum atomic E-state index is 14.4. The summed E-state index contributed by atoms with van der Waals surface area (Å²) in [7, 11) is -11.0. The fraction of sp³-hybridized carbons (Fsp3) is 0.407. The molecule has 3 N–H and O–H groups in total. The molecular weight excluding hydrogens is 1040 g/mol. The number of piperidine rings is 2. The topological polar surface area (TPSA) is 166 Å². The van der Waals surface area contributed by atoms with Crippen LogP contribution in [0.3, 0.4) is 0 Å². The van der Waals surface area contributed by atoms with Crippen molar-refractivity contribution >= 4 is 66.6 Å². The summed E-state index contributed by atoms with van der Waals surface area (Å²) in [6, 6.07) is 32.5. The summed E-state index contributed by atoms with van der Waals surface area (Å²) >= 11 is 7.55. The standard InChI is InChI=1S/C54H61ClF3N5O8S3/c1-52(2,3)71-51(66)63-35-53(36-63)26-31-61(32-27-53)28-25-41(34-72-43-9-5-4-6-10-43)59-47-22-21-44(33-48(47)73(67,68)54(56,57)58)74(69,70)60-50(65)39-15-19-42(20-16-39)62-29-23-38(24-30-62)49(64)46-12-8-7-11-45(46)37-13-17-40(55)18-14-37/h4-22,33,38,41,49,59,64H,23-32,34-36H2,1-3H3,(H,60,65). The van der Waals surface area contributed by atoms with Gasteiger partial charge in [0.2, 0.25) is 0 Å². The first-order valence-corrected chi connectivity index (χ1v) is 28.9. The molecule has 5 aromatic rings. The van der Waals surface area contributed by atoms with Crippen LogP contribution in [0.1, 0.15) is 74.9 Å². The number of carbonyl (C=O) groups is 2. The number of hydrogen-bond donors (Lipinski definition) is 3. The number of anilines is 2. The van der Waals surface area contributed by atoms with E-state index in [1.165, 1.54) is 23.9 Å². The Labute approximate surface area is 440 Å². The average molecular weight is 1100 g/mol. The number of likely N-dealkylation sites (tertiary alicyclic amines) is 2. The van der Waals surface area contributed by atoms with E-state index in [-0.39, 0.29) is 23.0 Å². The minimum Gasteiger partial charge on any atom is -0.444 e. The van der Waals surface area contributed by atoms with Gasteiger partial charge in [-0.2, -0.15) is 13.2 Å². The molecule has 0 aliphatic carbocycles. The summed E-state index contributed by atoms with van der Waals surface area (Å²) in [6.45, 7) is 9.86. The van der Waals surface area contributed by atoms with Crippen molar-refractivity contribution in [1.82, 2.24) is 14.5 Å². The highest BCUT2D eigenvalue weighted by atomic mass is 35.5. The van der Waals surface area contributed by atoms with Gasteiger partial charge >= 0.3 is 11.6 Å². The lowest BCUT2D eigenvalue weighted by Crippen LogP contribution is -2.62. The second-order valence-electron chi connectivity index (χ2n) is 20.4. The number of halogens is 4. The Hall–Kier alpha value is -5.31. The number of rotatable bonds is 16. The van der Waals surface area contributed by atoms with Gasteiger partial charge in [-0.15, -0.1) is 11.8 Å². The average Bonchev–Trinajstić information content (AvgIpc) is 3.36. The molecule has 5 aromatic carbocycles. The summed E-state index contributed by atoms with van der Waals surface area (Å²) in [5.74, 6) is -0.769. The Morgan fingerprint density at radius 2 is 1.47 bits per heavy atom. The number of sulfone groups is 1. The predicted octanol–water partition coefficient (Wildman–Crippen LogP) is 10.7. The van der Waals surface area contributed by atoms with Gasteiger partial charge in [0.05, 0.1) is 16.7 Å². The van der Waals surface area contributed by atoms with Crippen molar-refractivity contribution in [2.75, 3.05) is 61.8 Å². The molecule has 2 unspecified atom stereocenters. The lowest BCUT2D eigenvalue weighted by atomic mass is 9.72. The van der Waals surface area contributed by atoms with Crippen LogP contribution < -0.4 is 14.9 Å². The van der Waals surface area contributed by atoms with E-state index in [1.54, 1.807) is 17.0 Å². The van der Waals surface area contributed by atoms with Crippen molar-refractivity contribution in [2.24, 2.45) is 11.3 Å². The molecule has 8 rings (SSSR count). The largest absolute Gasteiger partial charge is 0.501 e. The molecule has 3 fully saturated rings. The highest BCUT2D eigenvalue weighted by Gasteiger charge is 2.49. The second-order valence-corrected chi connectivity index (χ2v) is 25.5. The fourth-order valence-electron chi connectivity index (χ4n) is 9.83. The van der Waals surface area contributed by atoms with Crippen LogP contribution in [0.15, 0.2) is 136 Å². The number of thioether (sulfide) groups is 1. The van der Waals surface area contributed by atoms with E-state index in [1.807, 2.05) is 104 Å². The van der Waals surface area contributed by atoms with Crippen molar-refractivity contribution in [3.05, 3.63) is 137 Å². The van der Waals surface area contributed by atoms with Crippen LogP contribution in [-0.4, -0.2) is 112 Å². The number of sulfonamides is 1. The summed E-state index contributed by atoms with van der Waals surface area (Å²) in [4.78, 5) is 30.8. The lowest BCUT2D eigenvalue weighted by Gasteiger charge is -2.53. The molecule has 2 atom stereocenters. The normalized spacial score (nSPS) is 17.6. The maximum Gasteiger partial charge on any atom is 0.501 e. The van der Waals surface area contributed by atoms with Crippen molar-refractivity contribution in [2.45, 2.75) is 90.8 Å².